The summed E-state index contributed by atoms with van der Waals surface area (Å²) in [6, 6.07) is 7.99. The van der Waals surface area contributed by atoms with Gasteiger partial charge in [-0.2, -0.15) is 0 Å². The van der Waals surface area contributed by atoms with E-state index in [0.717, 1.165) is 42.5 Å². The molecule has 0 bridgehead atoms. The van der Waals surface area contributed by atoms with Crippen LogP contribution in [0.5, 0.6) is 0 Å². The van der Waals surface area contributed by atoms with Crippen molar-refractivity contribution in [1.29, 1.82) is 0 Å². The van der Waals surface area contributed by atoms with Crippen LogP contribution in [0.3, 0.4) is 0 Å². The molecule has 164 valence electrons. The van der Waals surface area contributed by atoms with Gasteiger partial charge in [-0.05, 0) is 61.5 Å². The maximum Gasteiger partial charge on any atom is 0.329 e. The predicted molar refractivity (Wildman–Crippen MR) is 121 cm³/mol. The average molecular weight is 411 g/mol. The molecule has 1 aromatic heterocycles. The topological polar surface area (TPSA) is 44.1 Å². The lowest BCUT2D eigenvalue weighted by Gasteiger charge is -2.38. The SMILES string of the molecule is CCc1nc2ccccc2n1C(C(=O)OC1CC(C)CC[C@H]1C(C)C)C1CCCC1. The molecule has 0 aliphatic heterocycles. The summed E-state index contributed by atoms with van der Waals surface area (Å²) < 4.78 is 8.62. The summed E-state index contributed by atoms with van der Waals surface area (Å²) >= 11 is 0. The second kappa shape index (κ2) is 9.11. The van der Waals surface area contributed by atoms with E-state index in [1.54, 1.807) is 0 Å². The Bertz CT molecular complexity index is 865. The number of carbonyl (C=O) groups excluding carboxylic acids is 1. The molecule has 1 heterocycles. The third-order valence-electron chi connectivity index (χ3n) is 7.58. The fourth-order valence-corrected chi connectivity index (χ4v) is 5.91. The van der Waals surface area contributed by atoms with Gasteiger partial charge in [0.05, 0.1) is 11.0 Å². The van der Waals surface area contributed by atoms with E-state index in [4.69, 9.17) is 9.72 Å². The summed E-state index contributed by atoms with van der Waals surface area (Å²) in [4.78, 5) is 18.7. The molecule has 4 rings (SSSR count). The van der Waals surface area contributed by atoms with Gasteiger partial charge < -0.3 is 9.30 Å². The second-order valence-electron chi connectivity index (χ2n) is 10.0. The molecule has 4 heteroatoms. The average Bonchev–Trinajstić information content (AvgIpc) is 3.37. The molecule has 30 heavy (non-hydrogen) atoms. The molecule has 2 aliphatic carbocycles. The van der Waals surface area contributed by atoms with E-state index in [1.807, 2.05) is 6.07 Å². The Kier molecular flexibility index (Phi) is 6.50. The van der Waals surface area contributed by atoms with Gasteiger partial charge in [0.15, 0.2) is 0 Å². The highest BCUT2D eigenvalue weighted by Crippen LogP contribution is 2.40. The van der Waals surface area contributed by atoms with Crippen LogP contribution >= 0.6 is 0 Å². The number of hydrogen-bond acceptors (Lipinski definition) is 3. The number of fused-ring (bicyclic) bond motifs is 1. The van der Waals surface area contributed by atoms with Crippen molar-refractivity contribution >= 4 is 17.0 Å². The lowest BCUT2D eigenvalue weighted by molar-refractivity contribution is -0.161. The van der Waals surface area contributed by atoms with Gasteiger partial charge in [-0.25, -0.2) is 9.78 Å². The largest absolute Gasteiger partial charge is 0.461 e. The minimum Gasteiger partial charge on any atom is -0.461 e. The number of hydrogen-bond donors (Lipinski definition) is 0. The van der Waals surface area contributed by atoms with Crippen molar-refractivity contribution in [2.24, 2.45) is 23.7 Å². The molecule has 3 unspecified atom stereocenters. The minimum absolute atomic E-state index is 0.0236. The van der Waals surface area contributed by atoms with Crippen molar-refractivity contribution < 1.29 is 9.53 Å². The number of nitrogens with zero attached hydrogens (tertiary/aromatic N) is 2. The number of esters is 1. The summed E-state index contributed by atoms with van der Waals surface area (Å²) in [5, 5.41) is 0. The Balaban J connectivity index is 1.69. The molecule has 1 aromatic carbocycles. The molecule has 0 saturated heterocycles. The molecule has 0 amide bonds. The molecule has 2 fully saturated rings. The summed E-state index contributed by atoms with van der Waals surface area (Å²) in [7, 11) is 0. The van der Waals surface area contributed by atoms with Gasteiger partial charge in [-0.1, -0.05) is 59.1 Å². The smallest absolute Gasteiger partial charge is 0.329 e. The number of para-hydroxylation sites is 2. The van der Waals surface area contributed by atoms with Gasteiger partial charge in [0.1, 0.15) is 18.0 Å². The van der Waals surface area contributed by atoms with Crippen molar-refractivity contribution in [1.82, 2.24) is 9.55 Å². The number of aryl methyl sites for hydroxylation is 1. The molecule has 0 spiro atoms. The van der Waals surface area contributed by atoms with E-state index in [9.17, 15) is 4.79 Å². The Labute approximate surface area is 181 Å². The van der Waals surface area contributed by atoms with Crippen LogP contribution in [0, 0.1) is 23.7 Å². The molecule has 0 N–H and O–H groups in total. The van der Waals surface area contributed by atoms with Crippen LogP contribution in [0.15, 0.2) is 24.3 Å². The quantitative estimate of drug-likeness (QED) is 0.522. The van der Waals surface area contributed by atoms with E-state index < -0.39 is 0 Å². The molecule has 2 aliphatic rings. The highest BCUT2D eigenvalue weighted by Gasteiger charge is 2.39. The minimum atomic E-state index is -0.250. The summed E-state index contributed by atoms with van der Waals surface area (Å²) in [6.45, 7) is 8.97. The predicted octanol–water partition coefficient (Wildman–Crippen LogP) is 6.33. The highest BCUT2D eigenvalue weighted by atomic mass is 16.5. The molecule has 4 nitrogen and oxygen atoms in total. The van der Waals surface area contributed by atoms with Gasteiger partial charge >= 0.3 is 5.97 Å². The van der Waals surface area contributed by atoms with Gasteiger partial charge in [0, 0.05) is 6.42 Å². The third-order valence-corrected chi connectivity index (χ3v) is 7.58. The van der Waals surface area contributed by atoms with E-state index >= 15 is 0 Å². The number of carbonyl (C=O) groups is 1. The van der Waals surface area contributed by atoms with Crippen LogP contribution in [0.1, 0.15) is 84.5 Å². The molecular formula is C26H38N2O2. The van der Waals surface area contributed by atoms with Gasteiger partial charge in [0.25, 0.3) is 0 Å². The Hall–Kier alpha value is -1.84. The van der Waals surface area contributed by atoms with Crippen LogP contribution in [0.4, 0.5) is 0 Å². The van der Waals surface area contributed by atoms with Crippen LogP contribution in [-0.4, -0.2) is 21.6 Å². The van der Waals surface area contributed by atoms with Crippen molar-refractivity contribution in [2.45, 2.75) is 91.2 Å². The first-order valence-corrected chi connectivity index (χ1v) is 12.2. The first kappa shape index (κ1) is 21.4. The van der Waals surface area contributed by atoms with Gasteiger partial charge in [0.2, 0.25) is 0 Å². The van der Waals surface area contributed by atoms with E-state index in [2.05, 4.69) is 50.5 Å². The molecule has 2 aromatic rings. The van der Waals surface area contributed by atoms with Crippen molar-refractivity contribution in [3.8, 4) is 0 Å². The molecule has 4 atom stereocenters. The third kappa shape index (κ3) is 4.15. The maximum absolute atomic E-state index is 13.8. The van der Waals surface area contributed by atoms with Crippen LogP contribution in [0.25, 0.3) is 11.0 Å². The lowest BCUT2D eigenvalue weighted by Crippen LogP contribution is -2.39. The van der Waals surface area contributed by atoms with Crippen molar-refractivity contribution in [2.75, 3.05) is 0 Å². The fraction of sp³-hybridized carbons (Fsp3) is 0.692. The molecule has 2 saturated carbocycles. The van der Waals surface area contributed by atoms with Crippen LogP contribution in [0.2, 0.25) is 0 Å². The number of imidazole rings is 1. The Morgan fingerprint density at radius 1 is 1.17 bits per heavy atom. The highest BCUT2D eigenvalue weighted by molar-refractivity contribution is 5.81. The van der Waals surface area contributed by atoms with E-state index in [-0.39, 0.29) is 18.1 Å². The lowest BCUT2D eigenvalue weighted by atomic mass is 9.75. The zero-order chi connectivity index (χ0) is 21.3. The van der Waals surface area contributed by atoms with Crippen LogP contribution in [-0.2, 0) is 16.0 Å². The summed E-state index contributed by atoms with van der Waals surface area (Å²) in [6.07, 6.45) is 8.89. The standard InChI is InChI=1S/C26H38N2O2/c1-5-24-27-21-12-8-9-13-22(21)28(24)25(19-10-6-7-11-19)26(29)30-23-16-18(4)14-15-20(23)17(2)3/h8-9,12-13,17-20,23,25H,5-7,10-11,14-16H2,1-4H3/t18?,20-,23?,25?/m0/s1. The maximum atomic E-state index is 13.8. The van der Waals surface area contributed by atoms with E-state index in [1.165, 1.54) is 25.7 Å². The van der Waals surface area contributed by atoms with Crippen molar-refractivity contribution in [3.05, 3.63) is 30.1 Å². The van der Waals surface area contributed by atoms with Gasteiger partial charge in [-0.15, -0.1) is 0 Å². The number of aromatic nitrogens is 2. The number of ether oxygens (including phenoxy) is 1. The Morgan fingerprint density at radius 3 is 2.60 bits per heavy atom. The molecule has 0 radical (unpaired) electrons. The first-order valence-electron chi connectivity index (χ1n) is 12.2. The van der Waals surface area contributed by atoms with E-state index in [0.29, 0.717) is 23.7 Å². The monoisotopic (exact) mass is 410 g/mol. The summed E-state index contributed by atoms with van der Waals surface area (Å²) in [5.41, 5.74) is 2.05. The second-order valence-corrected chi connectivity index (χ2v) is 10.0. The zero-order valence-electron chi connectivity index (χ0n) is 19.1. The normalized spacial score (nSPS) is 26.4. The number of benzene rings is 1. The zero-order valence-corrected chi connectivity index (χ0v) is 19.1. The first-order chi connectivity index (χ1) is 14.5. The number of rotatable bonds is 6. The van der Waals surface area contributed by atoms with Crippen LogP contribution < -0.4 is 0 Å². The van der Waals surface area contributed by atoms with Gasteiger partial charge in [-0.3, -0.25) is 0 Å². The van der Waals surface area contributed by atoms with Crippen molar-refractivity contribution in [3.63, 3.8) is 0 Å². The summed E-state index contributed by atoms with van der Waals surface area (Å²) in [5.74, 6) is 2.97. The fourth-order valence-electron chi connectivity index (χ4n) is 5.91. The Morgan fingerprint density at radius 2 is 1.90 bits per heavy atom. The molecular weight excluding hydrogens is 372 g/mol.